The summed E-state index contributed by atoms with van der Waals surface area (Å²) in [5, 5.41) is 0. The Kier molecular flexibility index (Phi) is 5.00. The monoisotopic (exact) mass is 336 g/mol. The molecule has 0 spiro atoms. The molecule has 0 aliphatic carbocycles. The zero-order valence-electron chi connectivity index (χ0n) is 13.2. The Morgan fingerprint density at radius 1 is 0.880 bits per heavy atom. The second-order valence-electron chi connectivity index (χ2n) is 5.31. The Bertz CT molecular complexity index is 901. The van der Waals surface area contributed by atoms with E-state index < -0.39 is 11.6 Å². The molecule has 0 unspecified atom stereocenters. The molecule has 0 saturated carbocycles. The maximum Gasteiger partial charge on any atom is 0.185 e. The molecule has 0 aliphatic heterocycles. The van der Waals surface area contributed by atoms with Crippen molar-refractivity contribution in [2.24, 2.45) is 0 Å². The topological polar surface area (TPSA) is 26.3 Å². The van der Waals surface area contributed by atoms with E-state index in [1.807, 2.05) is 6.07 Å². The zero-order chi connectivity index (χ0) is 17.6. The highest BCUT2D eigenvalue weighted by atomic mass is 19.1. The van der Waals surface area contributed by atoms with Gasteiger partial charge in [-0.15, -0.1) is 0 Å². The van der Waals surface area contributed by atoms with Gasteiger partial charge in [0.1, 0.15) is 11.6 Å². The lowest BCUT2D eigenvalue weighted by molar-refractivity contribution is 0.104. The largest absolute Gasteiger partial charge is 0.454 e. The van der Waals surface area contributed by atoms with E-state index in [9.17, 15) is 13.6 Å². The van der Waals surface area contributed by atoms with Crippen molar-refractivity contribution in [2.75, 3.05) is 0 Å². The number of allylic oxidation sites excluding steroid dienone is 1. The standard InChI is InChI=1S/C21H14F2O2/c22-17-10-8-16(9-11-17)20(24)13-7-15-6-12-19(23)21(14-15)25-18-4-2-1-3-5-18/h1-14H/b13-7+. The normalized spacial score (nSPS) is 10.8. The van der Waals surface area contributed by atoms with Crippen LogP contribution in [0.3, 0.4) is 0 Å². The molecule has 0 atom stereocenters. The molecule has 4 heteroatoms. The van der Waals surface area contributed by atoms with Gasteiger partial charge in [-0.2, -0.15) is 0 Å². The van der Waals surface area contributed by atoms with Crippen LogP contribution in [0.1, 0.15) is 15.9 Å². The summed E-state index contributed by atoms with van der Waals surface area (Å²) in [4.78, 5) is 12.1. The third kappa shape index (κ3) is 4.38. The average molecular weight is 336 g/mol. The summed E-state index contributed by atoms with van der Waals surface area (Å²) in [6.07, 6.45) is 2.91. The predicted molar refractivity (Wildman–Crippen MR) is 92.7 cm³/mol. The van der Waals surface area contributed by atoms with Gasteiger partial charge in [0.15, 0.2) is 17.3 Å². The number of hydrogen-bond acceptors (Lipinski definition) is 2. The first-order valence-corrected chi connectivity index (χ1v) is 7.62. The van der Waals surface area contributed by atoms with Crippen molar-refractivity contribution in [3.05, 3.63) is 102 Å². The molecule has 0 saturated heterocycles. The van der Waals surface area contributed by atoms with Crippen LogP contribution in [0.15, 0.2) is 78.9 Å². The SMILES string of the molecule is O=C(/C=C/c1ccc(F)c(Oc2ccccc2)c1)c1ccc(F)cc1. The second kappa shape index (κ2) is 7.53. The van der Waals surface area contributed by atoms with E-state index in [2.05, 4.69) is 0 Å². The lowest BCUT2D eigenvalue weighted by Crippen LogP contribution is -1.94. The maximum atomic E-state index is 13.9. The summed E-state index contributed by atoms with van der Waals surface area (Å²) in [6, 6.07) is 18.5. The third-order valence-corrected chi connectivity index (χ3v) is 3.48. The van der Waals surface area contributed by atoms with Crippen molar-refractivity contribution >= 4 is 11.9 Å². The number of ether oxygens (including phenoxy) is 1. The first kappa shape index (κ1) is 16.6. The predicted octanol–water partition coefficient (Wildman–Crippen LogP) is 5.65. The van der Waals surface area contributed by atoms with Gasteiger partial charge in [-0.25, -0.2) is 8.78 Å². The van der Waals surface area contributed by atoms with Crippen LogP contribution < -0.4 is 4.74 Å². The molecule has 3 aromatic rings. The molecule has 3 aromatic carbocycles. The minimum atomic E-state index is -0.495. The second-order valence-corrected chi connectivity index (χ2v) is 5.31. The van der Waals surface area contributed by atoms with Gasteiger partial charge in [0.2, 0.25) is 0 Å². The van der Waals surface area contributed by atoms with E-state index in [0.29, 0.717) is 16.9 Å². The summed E-state index contributed by atoms with van der Waals surface area (Å²) in [7, 11) is 0. The molecular weight excluding hydrogens is 322 g/mol. The van der Waals surface area contributed by atoms with Gasteiger partial charge in [0.25, 0.3) is 0 Å². The molecule has 0 aromatic heterocycles. The fourth-order valence-corrected chi connectivity index (χ4v) is 2.20. The molecule has 0 amide bonds. The van der Waals surface area contributed by atoms with Crippen molar-refractivity contribution in [1.82, 2.24) is 0 Å². The molecule has 25 heavy (non-hydrogen) atoms. The number of halogens is 2. The van der Waals surface area contributed by atoms with Crippen molar-refractivity contribution in [3.63, 3.8) is 0 Å². The summed E-state index contributed by atoms with van der Waals surface area (Å²) in [5.41, 5.74) is 0.989. The molecule has 0 aliphatic rings. The first-order valence-electron chi connectivity index (χ1n) is 7.62. The lowest BCUT2D eigenvalue weighted by atomic mass is 10.1. The Labute approximate surface area is 144 Å². The fourth-order valence-electron chi connectivity index (χ4n) is 2.20. The smallest absolute Gasteiger partial charge is 0.185 e. The van der Waals surface area contributed by atoms with E-state index >= 15 is 0 Å². The lowest BCUT2D eigenvalue weighted by Gasteiger charge is -2.07. The molecule has 0 radical (unpaired) electrons. The summed E-state index contributed by atoms with van der Waals surface area (Å²) >= 11 is 0. The molecular formula is C21H14F2O2. The number of carbonyl (C=O) groups excluding carboxylic acids is 1. The number of para-hydroxylation sites is 1. The minimum Gasteiger partial charge on any atom is -0.454 e. The van der Waals surface area contributed by atoms with Gasteiger partial charge < -0.3 is 4.74 Å². The van der Waals surface area contributed by atoms with Gasteiger partial charge in [0.05, 0.1) is 0 Å². The van der Waals surface area contributed by atoms with Crippen molar-refractivity contribution in [2.45, 2.75) is 0 Å². The highest BCUT2D eigenvalue weighted by Crippen LogP contribution is 2.25. The quantitative estimate of drug-likeness (QED) is 0.444. The molecule has 124 valence electrons. The van der Waals surface area contributed by atoms with E-state index in [1.54, 1.807) is 36.4 Å². The van der Waals surface area contributed by atoms with Crippen molar-refractivity contribution in [1.29, 1.82) is 0 Å². The molecule has 0 bridgehead atoms. The highest BCUT2D eigenvalue weighted by molar-refractivity contribution is 6.06. The molecule has 0 fully saturated rings. The van der Waals surface area contributed by atoms with Gasteiger partial charge in [0, 0.05) is 5.56 Å². The van der Waals surface area contributed by atoms with Crippen molar-refractivity contribution in [3.8, 4) is 11.5 Å². The van der Waals surface area contributed by atoms with Crippen LogP contribution in [-0.4, -0.2) is 5.78 Å². The van der Waals surface area contributed by atoms with Crippen LogP contribution in [0.5, 0.6) is 11.5 Å². The number of ketones is 1. The molecule has 3 rings (SSSR count). The molecule has 0 N–H and O–H groups in total. The number of hydrogen-bond donors (Lipinski definition) is 0. The minimum absolute atomic E-state index is 0.0718. The highest BCUT2D eigenvalue weighted by Gasteiger charge is 2.06. The summed E-state index contributed by atoms with van der Waals surface area (Å²) in [6.45, 7) is 0. The van der Waals surface area contributed by atoms with Crippen molar-refractivity contribution < 1.29 is 18.3 Å². The van der Waals surface area contributed by atoms with E-state index in [4.69, 9.17) is 4.74 Å². The third-order valence-electron chi connectivity index (χ3n) is 3.48. The Hall–Kier alpha value is -3.27. The average Bonchev–Trinajstić information content (AvgIpc) is 2.63. The van der Waals surface area contributed by atoms with Crippen LogP contribution >= 0.6 is 0 Å². The molecule has 0 heterocycles. The zero-order valence-corrected chi connectivity index (χ0v) is 13.2. The van der Waals surface area contributed by atoms with Gasteiger partial charge in [-0.05, 0) is 60.2 Å². The summed E-state index contributed by atoms with van der Waals surface area (Å²) in [5.74, 6) is -0.574. The van der Waals surface area contributed by atoms with E-state index in [-0.39, 0.29) is 11.5 Å². The first-order chi connectivity index (χ1) is 12.1. The van der Waals surface area contributed by atoms with Crippen LogP contribution in [-0.2, 0) is 0 Å². The maximum absolute atomic E-state index is 13.9. The van der Waals surface area contributed by atoms with Gasteiger partial charge in [-0.1, -0.05) is 30.3 Å². The van der Waals surface area contributed by atoms with Crippen LogP contribution in [0, 0.1) is 11.6 Å². The Balaban J connectivity index is 1.77. The number of benzene rings is 3. The summed E-state index contributed by atoms with van der Waals surface area (Å²) < 4.78 is 32.3. The van der Waals surface area contributed by atoms with Crippen LogP contribution in [0.4, 0.5) is 8.78 Å². The Morgan fingerprint density at radius 3 is 2.32 bits per heavy atom. The van der Waals surface area contributed by atoms with Gasteiger partial charge in [-0.3, -0.25) is 4.79 Å². The molecule has 2 nitrogen and oxygen atoms in total. The number of carbonyl (C=O) groups is 1. The van der Waals surface area contributed by atoms with E-state index in [1.165, 1.54) is 42.5 Å². The van der Waals surface area contributed by atoms with E-state index in [0.717, 1.165) is 0 Å². The fraction of sp³-hybridized carbons (Fsp3) is 0. The van der Waals surface area contributed by atoms with Crippen LogP contribution in [0.2, 0.25) is 0 Å². The Morgan fingerprint density at radius 2 is 1.60 bits per heavy atom. The van der Waals surface area contributed by atoms with Gasteiger partial charge >= 0.3 is 0 Å². The number of rotatable bonds is 5. The van der Waals surface area contributed by atoms with Crippen LogP contribution in [0.25, 0.3) is 6.08 Å².